The van der Waals surface area contributed by atoms with Gasteiger partial charge in [0.15, 0.2) is 0 Å². The number of aryl methyl sites for hydroxylation is 2. The Balaban J connectivity index is 1.21. The van der Waals surface area contributed by atoms with E-state index in [2.05, 4.69) is 0 Å². The molecule has 7 heterocycles. The Bertz CT molecular complexity index is 2360. The summed E-state index contributed by atoms with van der Waals surface area (Å²) in [5.74, 6) is -3.65. The molecule has 4 N–H and O–H groups in total. The van der Waals surface area contributed by atoms with Crippen LogP contribution in [-0.2, 0) is 44.9 Å². The highest BCUT2D eigenvalue weighted by molar-refractivity contribution is 7.31. The van der Waals surface area contributed by atoms with E-state index in [4.69, 9.17) is 0 Å². The molecule has 0 spiro atoms. The molecule has 270 valence electrons. The van der Waals surface area contributed by atoms with Gasteiger partial charge < -0.3 is 20.4 Å². The number of rotatable bonds is 14. The summed E-state index contributed by atoms with van der Waals surface area (Å²) in [5, 5.41) is 38.4. The summed E-state index contributed by atoms with van der Waals surface area (Å²) >= 11 is 10.8. The second kappa shape index (κ2) is 15.3. The smallest absolute Gasteiger partial charge is 0.307 e. The zero-order valence-electron chi connectivity index (χ0n) is 27.9. The second-order valence-corrected chi connectivity index (χ2v) is 20.0. The molecule has 53 heavy (non-hydrogen) atoms. The third-order valence-electron chi connectivity index (χ3n) is 8.05. The van der Waals surface area contributed by atoms with Crippen molar-refractivity contribution in [2.24, 2.45) is 0 Å². The summed E-state index contributed by atoms with van der Waals surface area (Å²) in [6, 6.07) is 19.6. The van der Waals surface area contributed by atoms with E-state index < -0.39 is 23.9 Å². The standard InChI is InChI=1S/C38H28O8S7/c1-17-9-19(13-31(39)40)35(47-17)25-5-7-27(50-25)37-21(15-33(43)44)11-29(52-37)23-3-4-24(49-23)30-12-22(16-34(45)46)38(53-30)28-8-6-26(51-28)36-20(14-32(41)42)10-18(2)48-36/h3-12H,13-16H2,1-2H3,(H,39,40)(H,41,42)(H,43,44)(H,45,46). The van der Waals surface area contributed by atoms with Gasteiger partial charge in [-0.25, -0.2) is 0 Å². The molecule has 8 nitrogen and oxygen atoms in total. The molecule has 0 amide bonds. The van der Waals surface area contributed by atoms with Crippen LogP contribution in [0.3, 0.4) is 0 Å². The molecule has 0 aliphatic carbocycles. The van der Waals surface area contributed by atoms with Crippen LogP contribution in [0.5, 0.6) is 0 Å². The number of hydrogen-bond acceptors (Lipinski definition) is 11. The second-order valence-electron chi connectivity index (χ2n) is 12.1. The minimum absolute atomic E-state index is 0.0662. The highest BCUT2D eigenvalue weighted by Gasteiger charge is 2.23. The van der Waals surface area contributed by atoms with Gasteiger partial charge in [-0.1, -0.05) is 0 Å². The Hall–Kier alpha value is -4.22. The van der Waals surface area contributed by atoms with Gasteiger partial charge in [-0.3, -0.25) is 19.2 Å². The number of hydrogen-bond donors (Lipinski definition) is 4. The molecular formula is C38H28O8S7. The molecule has 0 atom stereocenters. The molecule has 0 saturated carbocycles. The molecule has 0 fully saturated rings. The van der Waals surface area contributed by atoms with Crippen molar-refractivity contribution in [3.8, 4) is 58.5 Å². The summed E-state index contributed by atoms with van der Waals surface area (Å²) in [4.78, 5) is 60.0. The Kier molecular flexibility index (Phi) is 10.7. The van der Waals surface area contributed by atoms with E-state index in [1.165, 1.54) is 45.3 Å². The maximum absolute atomic E-state index is 11.9. The first-order valence-electron chi connectivity index (χ1n) is 15.9. The topological polar surface area (TPSA) is 149 Å². The third kappa shape index (κ3) is 8.16. The fourth-order valence-electron chi connectivity index (χ4n) is 6.01. The number of carbonyl (C=O) groups is 4. The number of carboxylic acid groups (broad SMARTS) is 4. The minimum atomic E-state index is -0.932. The van der Waals surface area contributed by atoms with Gasteiger partial charge in [0.1, 0.15) is 0 Å². The third-order valence-corrected chi connectivity index (χ3v) is 17.0. The minimum Gasteiger partial charge on any atom is -0.481 e. The lowest BCUT2D eigenvalue weighted by atomic mass is 10.1. The van der Waals surface area contributed by atoms with Crippen LogP contribution in [0.1, 0.15) is 32.0 Å². The number of carboxylic acids is 4. The van der Waals surface area contributed by atoms with E-state index in [1.807, 2.05) is 74.5 Å². The maximum atomic E-state index is 11.9. The maximum Gasteiger partial charge on any atom is 0.307 e. The molecule has 0 aliphatic rings. The van der Waals surface area contributed by atoms with Gasteiger partial charge >= 0.3 is 23.9 Å². The zero-order valence-corrected chi connectivity index (χ0v) is 33.6. The van der Waals surface area contributed by atoms with Gasteiger partial charge in [0.25, 0.3) is 0 Å². The van der Waals surface area contributed by atoms with Gasteiger partial charge in [-0.05, 0) is 96.8 Å². The Labute approximate surface area is 331 Å². The van der Waals surface area contributed by atoms with Crippen LogP contribution in [0, 0.1) is 13.8 Å². The molecule has 0 bridgehead atoms. The molecule has 7 rings (SSSR count). The average Bonchev–Trinajstić information content (AvgIpc) is 3.91. The summed E-state index contributed by atoms with van der Waals surface area (Å²) in [5.41, 5.74) is 2.94. The van der Waals surface area contributed by atoms with Gasteiger partial charge in [-0.2, -0.15) is 0 Å². The first-order chi connectivity index (χ1) is 25.3. The van der Waals surface area contributed by atoms with Crippen LogP contribution in [0.15, 0.2) is 60.7 Å². The molecule has 0 aliphatic heterocycles. The monoisotopic (exact) mass is 836 g/mol. The normalized spacial score (nSPS) is 11.4. The van der Waals surface area contributed by atoms with Crippen molar-refractivity contribution in [2.45, 2.75) is 39.5 Å². The fraction of sp³-hybridized carbons (Fsp3) is 0.158. The predicted molar refractivity (Wildman–Crippen MR) is 219 cm³/mol. The van der Waals surface area contributed by atoms with Crippen molar-refractivity contribution in [2.75, 3.05) is 0 Å². The molecule has 0 radical (unpaired) electrons. The van der Waals surface area contributed by atoms with Crippen LogP contribution < -0.4 is 0 Å². The van der Waals surface area contributed by atoms with E-state index in [0.29, 0.717) is 11.1 Å². The van der Waals surface area contributed by atoms with Crippen molar-refractivity contribution in [1.29, 1.82) is 0 Å². The van der Waals surface area contributed by atoms with Gasteiger partial charge in [0, 0.05) is 68.3 Å². The van der Waals surface area contributed by atoms with E-state index >= 15 is 0 Å². The van der Waals surface area contributed by atoms with E-state index in [1.54, 1.807) is 34.0 Å². The van der Waals surface area contributed by atoms with Crippen molar-refractivity contribution >= 4 is 103 Å². The van der Waals surface area contributed by atoms with Crippen molar-refractivity contribution in [1.82, 2.24) is 0 Å². The average molecular weight is 837 g/mol. The summed E-state index contributed by atoms with van der Waals surface area (Å²) < 4.78 is 0. The quantitative estimate of drug-likeness (QED) is 0.0846. The molecule has 15 heteroatoms. The largest absolute Gasteiger partial charge is 0.481 e. The molecule has 0 aromatic carbocycles. The summed E-state index contributed by atoms with van der Waals surface area (Å²) in [6.45, 7) is 3.91. The SMILES string of the molecule is Cc1cc(CC(=O)O)c(-c2ccc(-c3sc(-c4ccc(-c5cc(CC(=O)O)c(-c6ccc(-c7sc(C)cc7CC(=O)O)s6)s5)s4)cc3CC(=O)O)s2)s1. The van der Waals surface area contributed by atoms with Crippen LogP contribution >= 0.6 is 79.4 Å². The first kappa shape index (κ1) is 37.1. The lowest BCUT2D eigenvalue weighted by Gasteiger charge is -1.99. The number of thiophene rings is 7. The van der Waals surface area contributed by atoms with Gasteiger partial charge in [0.05, 0.1) is 25.7 Å². The zero-order chi connectivity index (χ0) is 37.6. The Morgan fingerprint density at radius 1 is 0.377 bits per heavy atom. The highest BCUT2D eigenvalue weighted by atomic mass is 32.1. The first-order valence-corrected chi connectivity index (χ1v) is 21.7. The molecule has 7 aromatic rings. The molecular weight excluding hydrogens is 809 g/mol. The summed E-state index contributed by atoms with van der Waals surface area (Å²) in [6.07, 6.45) is -0.414. The van der Waals surface area contributed by atoms with Crippen molar-refractivity contribution < 1.29 is 39.6 Å². The lowest BCUT2D eigenvalue weighted by Crippen LogP contribution is -1.99. The lowest BCUT2D eigenvalue weighted by molar-refractivity contribution is -0.137. The van der Waals surface area contributed by atoms with Gasteiger partial charge in [0.2, 0.25) is 0 Å². The predicted octanol–water partition coefficient (Wildman–Crippen LogP) is 11.2. The molecule has 7 aromatic heterocycles. The Morgan fingerprint density at radius 3 is 0.962 bits per heavy atom. The van der Waals surface area contributed by atoms with Crippen LogP contribution in [0.2, 0.25) is 0 Å². The number of aliphatic carboxylic acids is 4. The van der Waals surface area contributed by atoms with Crippen molar-refractivity contribution in [3.05, 3.63) is 92.7 Å². The van der Waals surface area contributed by atoms with Crippen LogP contribution in [0.4, 0.5) is 0 Å². The van der Waals surface area contributed by atoms with E-state index in [-0.39, 0.29) is 25.7 Å². The Morgan fingerprint density at radius 2 is 0.642 bits per heavy atom. The fourth-order valence-corrected chi connectivity index (χ4v) is 14.2. The van der Waals surface area contributed by atoms with Crippen LogP contribution in [0.25, 0.3) is 58.5 Å². The van der Waals surface area contributed by atoms with Crippen LogP contribution in [-0.4, -0.2) is 44.3 Å². The van der Waals surface area contributed by atoms with Crippen molar-refractivity contribution in [3.63, 3.8) is 0 Å². The summed E-state index contributed by atoms with van der Waals surface area (Å²) in [7, 11) is 0. The van der Waals surface area contributed by atoms with E-state index in [0.717, 1.165) is 79.4 Å². The molecule has 0 saturated heterocycles. The van der Waals surface area contributed by atoms with E-state index in [9.17, 15) is 39.6 Å². The molecule has 0 unspecified atom stereocenters. The van der Waals surface area contributed by atoms with Gasteiger partial charge in [-0.15, -0.1) is 79.4 Å². The highest BCUT2D eigenvalue weighted by Crippen LogP contribution is 2.50.